The maximum absolute atomic E-state index is 10.1. The van der Waals surface area contributed by atoms with Gasteiger partial charge in [0.2, 0.25) is 0 Å². The van der Waals surface area contributed by atoms with E-state index in [1.54, 1.807) is 0 Å². The first-order valence-electron chi connectivity index (χ1n) is 6.08. The molecule has 1 fully saturated rings. The van der Waals surface area contributed by atoms with Crippen molar-refractivity contribution in [2.24, 2.45) is 17.3 Å². The quantitative estimate of drug-likeness (QED) is 0.734. The second-order valence-corrected chi connectivity index (χ2v) is 6.24. The highest BCUT2D eigenvalue weighted by atomic mass is 16.3. The van der Waals surface area contributed by atoms with Crippen molar-refractivity contribution >= 4 is 0 Å². The van der Waals surface area contributed by atoms with Crippen LogP contribution in [0.1, 0.15) is 59.8 Å². The first-order valence-corrected chi connectivity index (χ1v) is 6.08. The molecule has 1 rings (SSSR count). The van der Waals surface area contributed by atoms with Gasteiger partial charge in [0.15, 0.2) is 0 Å². The fraction of sp³-hybridized carbons (Fsp3) is 1.00. The van der Waals surface area contributed by atoms with Crippen LogP contribution in [0.15, 0.2) is 0 Å². The monoisotopic (exact) mass is 198 g/mol. The largest absolute Gasteiger partial charge is 0.393 e. The molecule has 3 unspecified atom stereocenters. The third-order valence-electron chi connectivity index (χ3n) is 3.61. The van der Waals surface area contributed by atoms with Crippen LogP contribution < -0.4 is 0 Å². The van der Waals surface area contributed by atoms with E-state index in [0.29, 0.717) is 11.3 Å². The van der Waals surface area contributed by atoms with E-state index in [0.717, 1.165) is 18.8 Å². The van der Waals surface area contributed by atoms with E-state index in [4.69, 9.17) is 0 Å². The zero-order chi connectivity index (χ0) is 10.8. The molecule has 0 aromatic carbocycles. The van der Waals surface area contributed by atoms with Crippen LogP contribution in [0.5, 0.6) is 0 Å². The summed E-state index contributed by atoms with van der Waals surface area (Å²) in [6, 6.07) is 0. The molecule has 14 heavy (non-hydrogen) atoms. The summed E-state index contributed by atoms with van der Waals surface area (Å²) in [4.78, 5) is 0. The van der Waals surface area contributed by atoms with Crippen molar-refractivity contribution in [1.82, 2.24) is 0 Å². The summed E-state index contributed by atoms with van der Waals surface area (Å²) in [7, 11) is 0. The summed E-state index contributed by atoms with van der Waals surface area (Å²) < 4.78 is 0. The van der Waals surface area contributed by atoms with Crippen molar-refractivity contribution in [2.75, 3.05) is 0 Å². The van der Waals surface area contributed by atoms with Gasteiger partial charge < -0.3 is 5.11 Å². The first-order chi connectivity index (χ1) is 6.40. The topological polar surface area (TPSA) is 20.2 Å². The maximum Gasteiger partial charge on any atom is 0.0571 e. The maximum atomic E-state index is 10.1. The summed E-state index contributed by atoms with van der Waals surface area (Å²) in [5, 5.41) is 10.1. The van der Waals surface area contributed by atoms with Gasteiger partial charge in [-0.1, -0.05) is 40.5 Å². The average molecular weight is 198 g/mol. The fourth-order valence-electron chi connectivity index (χ4n) is 2.54. The fourth-order valence-corrected chi connectivity index (χ4v) is 2.54. The molecule has 0 bridgehead atoms. The van der Waals surface area contributed by atoms with Crippen molar-refractivity contribution in [3.63, 3.8) is 0 Å². The Labute approximate surface area is 88.9 Å². The molecule has 1 heteroatoms. The van der Waals surface area contributed by atoms with Gasteiger partial charge in [-0.15, -0.1) is 0 Å². The van der Waals surface area contributed by atoms with Gasteiger partial charge in [-0.3, -0.25) is 0 Å². The number of hydrogen-bond donors (Lipinski definition) is 1. The second kappa shape index (κ2) is 4.65. The lowest BCUT2D eigenvalue weighted by Crippen LogP contribution is -2.24. The van der Waals surface area contributed by atoms with Crippen LogP contribution in [0.2, 0.25) is 0 Å². The SMILES string of the molecule is CC1CCCC1C(O)CCC(C)(C)C. The average Bonchev–Trinajstić information content (AvgIpc) is 2.46. The van der Waals surface area contributed by atoms with E-state index in [-0.39, 0.29) is 6.10 Å². The lowest BCUT2D eigenvalue weighted by atomic mass is 9.84. The zero-order valence-corrected chi connectivity index (χ0v) is 10.2. The van der Waals surface area contributed by atoms with Gasteiger partial charge in [-0.2, -0.15) is 0 Å². The van der Waals surface area contributed by atoms with E-state index >= 15 is 0 Å². The molecule has 0 aliphatic heterocycles. The molecule has 84 valence electrons. The molecular formula is C13H26O. The van der Waals surface area contributed by atoms with Crippen LogP contribution in [0.4, 0.5) is 0 Å². The molecule has 0 radical (unpaired) electrons. The molecule has 1 aliphatic carbocycles. The Morgan fingerprint density at radius 1 is 1.29 bits per heavy atom. The van der Waals surface area contributed by atoms with Crippen molar-refractivity contribution in [2.45, 2.75) is 65.9 Å². The van der Waals surface area contributed by atoms with E-state index in [1.807, 2.05) is 0 Å². The van der Waals surface area contributed by atoms with Crippen LogP contribution in [-0.2, 0) is 0 Å². The summed E-state index contributed by atoms with van der Waals surface area (Å²) in [6.45, 7) is 9.03. The minimum absolute atomic E-state index is 0.0493. The lowest BCUT2D eigenvalue weighted by molar-refractivity contribution is 0.0708. The van der Waals surface area contributed by atoms with Crippen molar-refractivity contribution in [1.29, 1.82) is 0 Å². The van der Waals surface area contributed by atoms with Gasteiger partial charge in [0.05, 0.1) is 6.10 Å². The van der Waals surface area contributed by atoms with Gasteiger partial charge in [-0.05, 0) is 36.5 Å². The lowest BCUT2D eigenvalue weighted by Gasteiger charge is -2.25. The van der Waals surface area contributed by atoms with Crippen molar-refractivity contribution in [3.8, 4) is 0 Å². The minimum Gasteiger partial charge on any atom is -0.393 e. The molecule has 1 aliphatic rings. The highest BCUT2D eigenvalue weighted by Gasteiger charge is 2.30. The Bertz CT molecular complexity index is 169. The van der Waals surface area contributed by atoms with Crippen LogP contribution in [0.25, 0.3) is 0 Å². The molecular weight excluding hydrogens is 172 g/mol. The smallest absolute Gasteiger partial charge is 0.0571 e. The highest BCUT2D eigenvalue weighted by Crippen LogP contribution is 2.36. The first kappa shape index (κ1) is 12.0. The molecule has 3 atom stereocenters. The van der Waals surface area contributed by atoms with Gasteiger partial charge >= 0.3 is 0 Å². The third-order valence-corrected chi connectivity index (χ3v) is 3.61. The highest BCUT2D eigenvalue weighted by molar-refractivity contribution is 4.81. The standard InChI is InChI=1S/C13H26O/c1-10-6-5-7-11(10)12(14)8-9-13(2,3)4/h10-12,14H,5-9H2,1-4H3. The summed E-state index contributed by atoms with van der Waals surface area (Å²) in [5.41, 5.74) is 0.364. The molecule has 0 spiro atoms. The van der Waals surface area contributed by atoms with Crippen molar-refractivity contribution < 1.29 is 5.11 Å². The summed E-state index contributed by atoms with van der Waals surface area (Å²) in [6.07, 6.45) is 5.95. The van der Waals surface area contributed by atoms with Crippen LogP contribution in [-0.4, -0.2) is 11.2 Å². The normalized spacial score (nSPS) is 30.6. The molecule has 0 saturated heterocycles. The zero-order valence-electron chi connectivity index (χ0n) is 10.2. The molecule has 0 heterocycles. The van der Waals surface area contributed by atoms with E-state index in [1.165, 1.54) is 19.3 Å². The van der Waals surface area contributed by atoms with Gasteiger partial charge in [0, 0.05) is 0 Å². The van der Waals surface area contributed by atoms with E-state index in [2.05, 4.69) is 27.7 Å². The molecule has 1 N–H and O–H groups in total. The van der Waals surface area contributed by atoms with Gasteiger partial charge in [-0.25, -0.2) is 0 Å². The van der Waals surface area contributed by atoms with Crippen LogP contribution in [0.3, 0.4) is 0 Å². The summed E-state index contributed by atoms with van der Waals surface area (Å²) >= 11 is 0. The van der Waals surface area contributed by atoms with E-state index in [9.17, 15) is 5.11 Å². The van der Waals surface area contributed by atoms with Crippen LogP contribution >= 0.6 is 0 Å². The Balaban J connectivity index is 2.31. The number of aliphatic hydroxyl groups is 1. The Hall–Kier alpha value is -0.0400. The van der Waals surface area contributed by atoms with Gasteiger partial charge in [0.1, 0.15) is 0 Å². The Morgan fingerprint density at radius 2 is 1.93 bits per heavy atom. The number of hydrogen-bond acceptors (Lipinski definition) is 1. The number of rotatable bonds is 3. The summed E-state index contributed by atoms with van der Waals surface area (Å²) in [5.74, 6) is 1.32. The second-order valence-electron chi connectivity index (χ2n) is 6.24. The molecule has 1 saturated carbocycles. The van der Waals surface area contributed by atoms with E-state index < -0.39 is 0 Å². The van der Waals surface area contributed by atoms with Crippen molar-refractivity contribution in [3.05, 3.63) is 0 Å². The minimum atomic E-state index is -0.0493. The van der Waals surface area contributed by atoms with Crippen LogP contribution in [0, 0.1) is 17.3 Å². The molecule has 1 nitrogen and oxygen atoms in total. The molecule has 0 aromatic rings. The van der Waals surface area contributed by atoms with Gasteiger partial charge in [0.25, 0.3) is 0 Å². The number of aliphatic hydroxyl groups excluding tert-OH is 1. The molecule has 0 aromatic heterocycles. The Morgan fingerprint density at radius 3 is 2.36 bits per heavy atom. The Kier molecular flexibility index (Phi) is 4.00. The predicted octanol–water partition coefficient (Wildman–Crippen LogP) is 3.61. The molecule has 0 amide bonds. The predicted molar refractivity (Wildman–Crippen MR) is 61.2 cm³/mol. The third kappa shape index (κ3) is 3.61.